The number of phenolic OH excluding ortho intramolecular Hbond substituents is 23. The van der Waals surface area contributed by atoms with Gasteiger partial charge in [0.15, 0.2) is 145 Å². The predicted octanol–water partition coefficient (Wildman–Crippen LogP) is 1.79. The molecular weight excluding hydrogens is 1520 g/mol. The zero-order chi connectivity index (χ0) is 82.0. The Morgan fingerprint density at radius 1 is 0.339 bits per heavy atom. The predicted molar refractivity (Wildman–Crippen MR) is 346 cm³/mol. The number of cyclic esters (lactones) is 1. The number of esters is 8. The van der Waals surface area contributed by atoms with E-state index in [9.17, 15) is 161 Å². The molecule has 0 amide bonds. The van der Waals surface area contributed by atoms with Crippen LogP contribution in [-0.2, 0) is 47.4 Å². The summed E-state index contributed by atoms with van der Waals surface area (Å²) >= 11 is 0. The van der Waals surface area contributed by atoms with Gasteiger partial charge in [0.25, 0.3) is 0 Å². The number of aliphatic hydroxyl groups is 2. The molecule has 2 saturated heterocycles. The van der Waals surface area contributed by atoms with Gasteiger partial charge in [0.05, 0.1) is 38.9 Å². The summed E-state index contributed by atoms with van der Waals surface area (Å²) < 4.78 is 61.0. The number of phenols is 23. The van der Waals surface area contributed by atoms with E-state index >= 15 is 4.79 Å². The van der Waals surface area contributed by atoms with Crippen LogP contribution in [0.15, 0.2) is 78.9 Å². The van der Waals surface area contributed by atoms with E-state index < -0.39 is 322 Å². The van der Waals surface area contributed by atoms with Crippen molar-refractivity contribution in [2.75, 3.05) is 13.2 Å². The number of hydrogen-bond acceptors (Lipinski definition) is 44. The summed E-state index contributed by atoms with van der Waals surface area (Å²) in [7, 11) is 0. The zero-order valence-electron chi connectivity index (χ0n) is 55.1. The highest BCUT2D eigenvalue weighted by molar-refractivity contribution is 6.09. The lowest BCUT2D eigenvalue weighted by Crippen LogP contribution is -2.63. The third kappa shape index (κ3) is 14.5. The van der Waals surface area contributed by atoms with Gasteiger partial charge in [0, 0.05) is 17.2 Å². The summed E-state index contributed by atoms with van der Waals surface area (Å²) in [5.41, 5.74) is -11.6. The first-order valence-electron chi connectivity index (χ1n) is 31.0. The van der Waals surface area contributed by atoms with E-state index in [-0.39, 0.29) is 18.2 Å². The van der Waals surface area contributed by atoms with Gasteiger partial charge < -0.3 is 180 Å². The Kier molecular flexibility index (Phi) is 20.6. The van der Waals surface area contributed by atoms with Crippen LogP contribution in [0, 0.1) is 0 Å². The highest BCUT2D eigenvalue weighted by atomic mass is 16.8. The molecule has 3 aliphatic heterocycles. The molecule has 10 atom stereocenters. The monoisotopic (exact) mass is 1570 g/mol. The van der Waals surface area contributed by atoms with Crippen molar-refractivity contribution in [3.05, 3.63) is 123 Å². The Hall–Kier alpha value is -15.4. The van der Waals surface area contributed by atoms with E-state index in [2.05, 4.69) is 0 Å². The molecule has 3 heterocycles. The molecule has 11 rings (SSSR count). The number of fused-ring (bicyclic) bond motifs is 5. The fourth-order valence-corrected chi connectivity index (χ4v) is 11.2. The van der Waals surface area contributed by atoms with Crippen LogP contribution in [0.5, 0.6) is 144 Å². The molecule has 3 aliphatic rings. The SMILES string of the molecule is O=C(OC[C@H]1O[C@@H](OC(=O)c2cc(O)c(O)c(O)c2)[C@H](OC(=O)c2cc(O)c(O)c(O)c2Oc2c(O)cc3c(c2O)-c2c(cc(O)c(O)c2O)C(=O)O[C@@H]2[C@@H](O)[C@H](OC(=O)c4cc(O)c(O)c(O)c4)O[C@H](COC3=O)[C@H]2O)[C@@H](OC(=O)c2cc(O)c(O)c(O)c2)[C@@H]1OC(=O)c1cc(O)c(O)c(O)c1)c1cc(O)c(O)c(O)c1. The maximum atomic E-state index is 15.4. The van der Waals surface area contributed by atoms with E-state index in [1.807, 2.05) is 0 Å². The number of hydrogen-bond donors (Lipinski definition) is 25. The third-order valence-electron chi connectivity index (χ3n) is 16.7. The van der Waals surface area contributed by atoms with Crippen LogP contribution >= 0.6 is 0 Å². The van der Waals surface area contributed by atoms with Crippen molar-refractivity contribution in [3.63, 3.8) is 0 Å². The Bertz CT molecular complexity index is 5160. The average molecular weight is 1570 g/mol. The van der Waals surface area contributed by atoms with Crippen molar-refractivity contribution >= 4 is 47.8 Å². The van der Waals surface area contributed by atoms with Crippen molar-refractivity contribution in [1.29, 1.82) is 0 Å². The summed E-state index contributed by atoms with van der Waals surface area (Å²) in [6.07, 6.45) is -26.1. The number of carbonyl (C=O) groups is 8. The number of aromatic hydroxyl groups is 23. The molecule has 0 aromatic heterocycles. The van der Waals surface area contributed by atoms with Gasteiger partial charge in [-0.25, -0.2) is 38.4 Å². The maximum absolute atomic E-state index is 15.4. The average Bonchev–Trinajstić information content (AvgIpc) is 0.754. The normalized spacial score (nSPS) is 19.9. The van der Waals surface area contributed by atoms with Gasteiger partial charge in [-0.3, -0.25) is 0 Å². The Balaban J connectivity index is 1.05. The molecule has 0 radical (unpaired) electrons. The minimum atomic E-state index is -3.06. The fourth-order valence-electron chi connectivity index (χ4n) is 11.2. The summed E-state index contributed by atoms with van der Waals surface area (Å²) in [5, 5.41) is 268. The summed E-state index contributed by atoms with van der Waals surface area (Å²) in [4.78, 5) is 115. The van der Waals surface area contributed by atoms with Gasteiger partial charge in [-0.1, -0.05) is 0 Å². The third-order valence-corrected chi connectivity index (χ3v) is 16.7. The van der Waals surface area contributed by atoms with E-state index in [0.717, 1.165) is 0 Å². The lowest BCUT2D eigenvalue weighted by atomic mass is 9.91. The molecule has 112 heavy (non-hydrogen) atoms. The first-order chi connectivity index (χ1) is 52.6. The van der Waals surface area contributed by atoms with E-state index in [0.29, 0.717) is 60.7 Å². The molecule has 0 unspecified atom stereocenters. The minimum absolute atomic E-state index is 0.0956. The number of aliphatic hydroxyl groups excluding tert-OH is 2. The van der Waals surface area contributed by atoms with Crippen LogP contribution in [0.25, 0.3) is 11.1 Å². The number of ether oxygens (including phenoxy) is 11. The molecule has 0 aliphatic carbocycles. The Labute approximate surface area is 617 Å². The molecule has 8 aromatic rings. The molecule has 0 spiro atoms. The van der Waals surface area contributed by atoms with Gasteiger partial charge in [-0.2, -0.15) is 0 Å². The lowest BCUT2D eigenvalue weighted by Gasteiger charge is -2.44. The quantitative estimate of drug-likeness (QED) is 0.0395. The second-order valence-corrected chi connectivity index (χ2v) is 24.0. The second-order valence-electron chi connectivity index (χ2n) is 24.0. The van der Waals surface area contributed by atoms with Gasteiger partial charge in [-0.05, 0) is 72.8 Å². The molecule has 2 fully saturated rings. The van der Waals surface area contributed by atoms with Crippen molar-refractivity contribution in [3.8, 4) is 155 Å². The second kappa shape index (κ2) is 29.7. The lowest BCUT2D eigenvalue weighted by molar-refractivity contribution is -0.284. The van der Waals surface area contributed by atoms with Crippen molar-refractivity contribution in [2.45, 2.75) is 61.4 Å². The van der Waals surface area contributed by atoms with E-state index in [1.165, 1.54) is 0 Å². The number of rotatable bonds is 15. The maximum Gasteiger partial charge on any atom is 0.342 e. The van der Waals surface area contributed by atoms with Crippen LogP contribution in [0.1, 0.15) is 82.9 Å². The summed E-state index contributed by atoms with van der Waals surface area (Å²) in [6, 6.07) is 5.14. The molecule has 44 heteroatoms. The highest BCUT2D eigenvalue weighted by Crippen LogP contribution is 2.57. The van der Waals surface area contributed by atoms with Crippen LogP contribution < -0.4 is 4.74 Å². The Morgan fingerprint density at radius 2 is 0.705 bits per heavy atom. The van der Waals surface area contributed by atoms with Crippen LogP contribution in [0.2, 0.25) is 0 Å². The molecule has 588 valence electrons. The van der Waals surface area contributed by atoms with Gasteiger partial charge >= 0.3 is 47.8 Å². The standard InChI is InChI=1S/C68H52O44/c69-24-1-16(2-25(70)41(24)82)59(94)102-15-38-55(107-60(95)17-3-26(71)42(83)27(72)4-17)57(109-61(96)18-5-28(73)43(84)29(74)6-18)58(68(105-38)112-63(98)20-9-32(77)45(86)33(78)10-20)110-66(101)23-13-35(80)47(88)51(92)53(23)106-54-36(81)12-21-40(50(54)91)39-22(11-34(79)46(87)49(39)90)65(100)108-56-48(89)37(14-103-64(21)99)104-67(52(56)93)111-62(97)19-7-30(75)44(85)31(76)8-19/h1-13,37-38,48,52,55-58,67-93H,14-15H2/t37-,38-,48-,52-,55-,56+,57+,58-,67+,68+/m1/s1. The van der Waals surface area contributed by atoms with Crippen molar-refractivity contribution in [2.24, 2.45) is 0 Å². The zero-order valence-corrected chi connectivity index (χ0v) is 55.1. The summed E-state index contributed by atoms with van der Waals surface area (Å²) in [6.45, 7) is -2.82. The van der Waals surface area contributed by atoms with Crippen LogP contribution in [-0.4, -0.2) is 250 Å². The first-order valence-corrected chi connectivity index (χ1v) is 31.0. The van der Waals surface area contributed by atoms with E-state index in [1.54, 1.807) is 0 Å². The van der Waals surface area contributed by atoms with Crippen molar-refractivity contribution in [1.82, 2.24) is 0 Å². The first kappa shape index (κ1) is 77.7. The van der Waals surface area contributed by atoms with Crippen molar-refractivity contribution < 1.29 is 218 Å². The van der Waals surface area contributed by atoms with Crippen LogP contribution in [0.3, 0.4) is 0 Å². The fraction of sp³-hybridized carbons (Fsp3) is 0.176. The smallest absolute Gasteiger partial charge is 0.342 e. The Morgan fingerprint density at radius 3 is 1.17 bits per heavy atom. The van der Waals surface area contributed by atoms with Gasteiger partial charge in [0.2, 0.25) is 41.7 Å². The van der Waals surface area contributed by atoms with E-state index in [4.69, 9.17) is 52.1 Å². The summed E-state index contributed by atoms with van der Waals surface area (Å²) in [5.74, 6) is -50.0. The number of benzene rings is 8. The van der Waals surface area contributed by atoms with Gasteiger partial charge in [-0.15, -0.1) is 0 Å². The molecule has 0 saturated carbocycles. The topological polar surface area (TPSA) is 744 Å². The highest BCUT2D eigenvalue weighted by Gasteiger charge is 2.56. The molecule has 25 N–H and O–H groups in total. The number of carbonyl (C=O) groups excluding carboxylic acids is 8. The molecular formula is C68H52O44. The van der Waals surface area contributed by atoms with Gasteiger partial charge in [0.1, 0.15) is 37.1 Å². The largest absolute Gasteiger partial charge is 0.504 e. The molecule has 44 nitrogen and oxygen atoms in total. The molecule has 2 bridgehead atoms. The van der Waals surface area contributed by atoms with Crippen LogP contribution in [0.4, 0.5) is 0 Å². The molecule has 8 aromatic carbocycles. The minimum Gasteiger partial charge on any atom is -0.504 e.